The third kappa shape index (κ3) is 2.00. The number of benzene rings is 2. The van der Waals surface area contributed by atoms with Gasteiger partial charge in [-0.3, -0.25) is 19.7 Å². The predicted molar refractivity (Wildman–Crippen MR) is 90.6 cm³/mol. The minimum absolute atomic E-state index is 0.00299. The van der Waals surface area contributed by atoms with Crippen LogP contribution in [0.3, 0.4) is 0 Å². The molecule has 116 valence electrons. The molecule has 0 radical (unpaired) electrons. The SMILES string of the molecule is Nc1c(Br)c(Br)c(N)c2c1C(=O)c1cccc([N+](=O)[O-])c1C2=O. The second-order valence-corrected chi connectivity index (χ2v) is 6.41. The van der Waals surface area contributed by atoms with Crippen LogP contribution < -0.4 is 11.5 Å². The molecule has 0 unspecified atom stereocenters. The molecule has 7 nitrogen and oxygen atoms in total. The second-order valence-electron chi connectivity index (χ2n) is 4.82. The first-order valence-corrected chi connectivity index (χ1v) is 7.78. The molecule has 0 atom stereocenters. The summed E-state index contributed by atoms with van der Waals surface area (Å²) in [4.78, 5) is 36.0. The van der Waals surface area contributed by atoms with E-state index in [1.807, 2.05) is 0 Å². The van der Waals surface area contributed by atoms with Crippen molar-refractivity contribution in [2.45, 2.75) is 0 Å². The van der Waals surface area contributed by atoms with Gasteiger partial charge in [0.1, 0.15) is 5.56 Å². The molecule has 0 fully saturated rings. The number of nitrogens with two attached hydrogens (primary N) is 2. The highest BCUT2D eigenvalue weighted by Crippen LogP contribution is 2.45. The summed E-state index contributed by atoms with van der Waals surface area (Å²) in [6.07, 6.45) is 0. The second kappa shape index (κ2) is 5.14. The molecule has 0 heterocycles. The molecule has 1 aliphatic carbocycles. The molecule has 2 aromatic carbocycles. The summed E-state index contributed by atoms with van der Waals surface area (Å²) in [7, 11) is 0. The molecule has 1 aliphatic rings. The predicted octanol–water partition coefficient (Wildman–Crippen LogP) is 3.06. The van der Waals surface area contributed by atoms with E-state index in [2.05, 4.69) is 31.9 Å². The third-order valence-electron chi connectivity index (χ3n) is 3.62. The van der Waals surface area contributed by atoms with E-state index < -0.39 is 22.2 Å². The third-order valence-corrected chi connectivity index (χ3v) is 5.80. The summed E-state index contributed by atoms with van der Waals surface area (Å²) < 4.78 is 0.667. The molecule has 2 aromatic rings. The number of nitro groups is 1. The van der Waals surface area contributed by atoms with Gasteiger partial charge in [-0.1, -0.05) is 6.07 Å². The van der Waals surface area contributed by atoms with E-state index in [9.17, 15) is 19.7 Å². The van der Waals surface area contributed by atoms with E-state index in [1.54, 1.807) is 0 Å². The number of hydrogen-bond acceptors (Lipinski definition) is 6. The van der Waals surface area contributed by atoms with Crippen molar-refractivity contribution in [3.63, 3.8) is 0 Å². The Kier molecular flexibility index (Phi) is 3.49. The maximum atomic E-state index is 12.8. The average Bonchev–Trinajstić information content (AvgIpc) is 2.53. The van der Waals surface area contributed by atoms with E-state index >= 15 is 0 Å². The lowest BCUT2D eigenvalue weighted by Gasteiger charge is -2.22. The van der Waals surface area contributed by atoms with Crippen LogP contribution in [0.1, 0.15) is 31.8 Å². The van der Waals surface area contributed by atoms with E-state index in [-0.39, 0.29) is 33.6 Å². The van der Waals surface area contributed by atoms with Gasteiger partial charge in [0.25, 0.3) is 5.69 Å². The number of halogens is 2. The minimum Gasteiger partial charge on any atom is -0.397 e. The van der Waals surface area contributed by atoms with Gasteiger partial charge in [0, 0.05) is 11.6 Å². The van der Waals surface area contributed by atoms with Crippen LogP contribution in [0.2, 0.25) is 0 Å². The standard InChI is InChI=1S/C14H7Br2N3O4/c15-9-10(16)12(18)8-7(11(9)17)13(20)4-2-1-3-5(19(22)23)6(4)14(8)21/h1-3H,17-18H2. The van der Waals surface area contributed by atoms with Gasteiger partial charge in [-0.25, -0.2) is 0 Å². The quantitative estimate of drug-likeness (QED) is 0.339. The molecule has 3 rings (SSSR count). The lowest BCUT2D eigenvalue weighted by atomic mass is 9.81. The van der Waals surface area contributed by atoms with Crippen LogP contribution in [0.25, 0.3) is 0 Å². The van der Waals surface area contributed by atoms with Gasteiger partial charge in [0.2, 0.25) is 5.78 Å². The van der Waals surface area contributed by atoms with Gasteiger partial charge in [-0.05, 0) is 37.9 Å². The molecule has 0 saturated carbocycles. The number of carbonyl (C=O) groups is 2. The van der Waals surface area contributed by atoms with Crippen molar-refractivity contribution in [1.82, 2.24) is 0 Å². The molecule has 0 spiro atoms. The first kappa shape index (κ1) is 15.6. The van der Waals surface area contributed by atoms with Crippen molar-refractivity contribution in [3.8, 4) is 0 Å². The maximum absolute atomic E-state index is 12.8. The summed E-state index contributed by atoms with van der Waals surface area (Å²) in [6.45, 7) is 0. The number of anilines is 2. The highest BCUT2D eigenvalue weighted by molar-refractivity contribution is 9.13. The summed E-state index contributed by atoms with van der Waals surface area (Å²) in [5.74, 6) is -1.27. The number of rotatable bonds is 1. The summed E-state index contributed by atoms with van der Waals surface area (Å²) in [6, 6.07) is 3.88. The van der Waals surface area contributed by atoms with Crippen LogP contribution in [0.5, 0.6) is 0 Å². The monoisotopic (exact) mass is 439 g/mol. The Labute approximate surface area is 146 Å². The van der Waals surface area contributed by atoms with Crippen molar-refractivity contribution in [3.05, 3.63) is 59.5 Å². The maximum Gasteiger partial charge on any atom is 0.281 e. The zero-order valence-corrected chi connectivity index (χ0v) is 14.4. The van der Waals surface area contributed by atoms with E-state index in [0.29, 0.717) is 8.95 Å². The fraction of sp³-hybridized carbons (Fsp3) is 0. The molecule has 9 heteroatoms. The Morgan fingerprint density at radius 3 is 1.96 bits per heavy atom. The van der Waals surface area contributed by atoms with E-state index in [4.69, 9.17) is 11.5 Å². The van der Waals surface area contributed by atoms with Crippen molar-refractivity contribution < 1.29 is 14.5 Å². The zero-order chi connectivity index (χ0) is 17.0. The Balaban J connectivity index is 2.46. The molecule has 23 heavy (non-hydrogen) atoms. The first-order chi connectivity index (χ1) is 10.8. The van der Waals surface area contributed by atoms with E-state index in [1.165, 1.54) is 18.2 Å². The van der Waals surface area contributed by atoms with Gasteiger partial charge in [0.15, 0.2) is 5.78 Å². The van der Waals surface area contributed by atoms with Crippen LogP contribution in [0.4, 0.5) is 17.1 Å². The Bertz CT molecular complexity index is 940. The molecule has 0 aromatic heterocycles. The van der Waals surface area contributed by atoms with Gasteiger partial charge < -0.3 is 11.5 Å². The summed E-state index contributed by atoms with van der Waals surface area (Å²) in [5.41, 5.74) is 11.0. The van der Waals surface area contributed by atoms with Gasteiger partial charge >= 0.3 is 0 Å². The number of carbonyl (C=O) groups excluding carboxylic acids is 2. The number of fused-ring (bicyclic) bond motifs is 2. The number of nitro benzene ring substituents is 1. The van der Waals surface area contributed by atoms with Gasteiger partial charge in [0.05, 0.1) is 36.4 Å². The summed E-state index contributed by atoms with van der Waals surface area (Å²) >= 11 is 6.41. The topological polar surface area (TPSA) is 129 Å². The number of nitrogens with zero attached hydrogens (tertiary/aromatic N) is 1. The van der Waals surface area contributed by atoms with Crippen LogP contribution in [0, 0.1) is 10.1 Å². The number of hydrogen-bond donors (Lipinski definition) is 2. The highest BCUT2D eigenvalue weighted by atomic mass is 79.9. The number of nitrogen functional groups attached to an aromatic ring is 2. The van der Waals surface area contributed by atoms with Crippen LogP contribution in [-0.4, -0.2) is 16.5 Å². The highest BCUT2D eigenvalue weighted by Gasteiger charge is 2.39. The van der Waals surface area contributed by atoms with Crippen LogP contribution >= 0.6 is 31.9 Å². The van der Waals surface area contributed by atoms with Gasteiger partial charge in [-0.15, -0.1) is 0 Å². The van der Waals surface area contributed by atoms with Crippen molar-refractivity contribution in [2.24, 2.45) is 0 Å². The van der Waals surface area contributed by atoms with Gasteiger partial charge in [-0.2, -0.15) is 0 Å². The van der Waals surface area contributed by atoms with Crippen LogP contribution in [-0.2, 0) is 0 Å². The molecule has 4 N–H and O–H groups in total. The molecule has 0 bridgehead atoms. The van der Waals surface area contributed by atoms with Crippen molar-refractivity contribution in [2.75, 3.05) is 11.5 Å². The molecular weight excluding hydrogens is 434 g/mol. The van der Waals surface area contributed by atoms with E-state index in [0.717, 1.165) is 0 Å². The Hall–Kier alpha value is -2.26. The zero-order valence-electron chi connectivity index (χ0n) is 11.2. The average molecular weight is 441 g/mol. The Morgan fingerprint density at radius 2 is 1.43 bits per heavy atom. The smallest absolute Gasteiger partial charge is 0.281 e. The number of ketones is 2. The largest absolute Gasteiger partial charge is 0.397 e. The Morgan fingerprint density at radius 1 is 0.913 bits per heavy atom. The fourth-order valence-corrected chi connectivity index (χ4v) is 3.40. The normalized spacial score (nSPS) is 12.8. The molecule has 0 aliphatic heterocycles. The molecular formula is C14H7Br2N3O4. The van der Waals surface area contributed by atoms with Crippen LogP contribution in [0.15, 0.2) is 27.1 Å². The summed E-state index contributed by atoms with van der Waals surface area (Å²) in [5, 5.41) is 11.2. The minimum atomic E-state index is -0.706. The lowest BCUT2D eigenvalue weighted by Crippen LogP contribution is -2.25. The molecule has 0 saturated heterocycles. The van der Waals surface area contributed by atoms with Crippen molar-refractivity contribution in [1.29, 1.82) is 0 Å². The van der Waals surface area contributed by atoms with Crippen molar-refractivity contribution >= 4 is 60.5 Å². The lowest BCUT2D eigenvalue weighted by molar-refractivity contribution is -0.385. The fourth-order valence-electron chi connectivity index (χ4n) is 2.58. The molecule has 0 amide bonds. The first-order valence-electron chi connectivity index (χ1n) is 6.20.